The summed E-state index contributed by atoms with van der Waals surface area (Å²) in [5.74, 6) is 0.806. The van der Waals surface area contributed by atoms with Crippen LogP contribution < -0.4 is 9.64 Å². The lowest BCUT2D eigenvalue weighted by atomic mass is 10.0. The highest BCUT2D eigenvalue weighted by atomic mass is 32.2. The van der Waals surface area contributed by atoms with Crippen molar-refractivity contribution in [3.63, 3.8) is 0 Å². The summed E-state index contributed by atoms with van der Waals surface area (Å²) < 4.78 is 29.9. The Kier molecular flexibility index (Phi) is 4.65. The van der Waals surface area contributed by atoms with Gasteiger partial charge >= 0.3 is 0 Å². The van der Waals surface area contributed by atoms with Gasteiger partial charge in [-0.05, 0) is 29.8 Å². The molecule has 142 valence electrons. The molecule has 1 amide bonds. The number of piperazine rings is 1. The van der Waals surface area contributed by atoms with Gasteiger partial charge in [-0.2, -0.15) is 0 Å². The van der Waals surface area contributed by atoms with Crippen LogP contribution in [-0.2, 0) is 21.2 Å². The van der Waals surface area contributed by atoms with E-state index in [0.29, 0.717) is 6.54 Å². The Hall–Kier alpha value is -2.38. The molecule has 0 radical (unpaired) electrons. The molecule has 27 heavy (non-hydrogen) atoms. The van der Waals surface area contributed by atoms with Crippen LogP contribution in [0.2, 0.25) is 0 Å². The van der Waals surface area contributed by atoms with E-state index in [-0.39, 0.29) is 36.0 Å². The van der Waals surface area contributed by atoms with Gasteiger partial charge in [-0.15, -0.1) is 0 Å². The van der Waals surface area contributed by atoms with E-state index in [0.717, 1.165) is 17.0 Å². The van der Waals surface area contributed by atoms with Gasteiger partial charge in [0, 0.05) is 18.3 Å². The Balaban J connectivity index is 1.63. The van der Waals surface area contributed by atoms with Crippen molar-refractivity contribution in [3.8, 4) is 5.75 Å². The van der Waals surface area contributed by atoms with Crippen LogP contribution in [0.5, 0.6) is 5.75 Å². The Morgan fingerprint density at radius 2 is 1.67 bits per heavy atom. The Bertz CT molecular complexity index is 928. The summed E-state index contributed by atoms with van der Waals surface area (Å²) in [4.78, 5) is 16.6. The molecule has 2 saturated heterocycles. The average molecular weight is 386 g/mol. The van der Waals surface area contributed by atoms with Gasteiger partial charge in [0.05, 0.1) is 31.2 Å². The van der Waals surface area contributed by atoms with E-state index in [2.05, 4.69) is 0 Å². The highest BCUT2D eigenvalue weighted by Gasteiger charge is 2.49. The zero-order valence-corrected chi connectivity index (χ0v) is 15.9. The summed E-state index contributed by atoms with van der Waals surface area (Å²) in [6, 6.07) is 16.4. The van der Waals surface area contributed by atoms with E-state index >= 15 is 0 Å². The second-order valence-electron chi connectivity index (χ2n) is 7.06. The van der Waals surface area contributed by atoms with Gasteiger partial charge in [-0.3, -0.25) is 9.69 Å². The lowest BCUT2D eigenvalue weighted by molar-refractivity contribution is -0.123. The Labute approximate surface area is 159 Å². The number of nitrogens with zero attached hydrogens (tertiary/aromatic N) is 2. The predicted molar refractivity (Wildman–Crippen MR) is 104 cm³/mol. The first kappa shape index (κ1) is 18.0. The topological polar surface area (TPSA) is 66.9 Å². The third-order valence-electron chi connectivity index (χ3n) is 5.28. The van der Waals surface area contributed by atoms with Gasteiger partial charge in [0.15, 0.2) is 9.84 Å². The van der Waals surface area contributed by atoms with E-state index in [1.54, 1.807) is 12.0 Å². The molecule has 0 saturated carbocycles. The quantitative estimate of drug-likeness (QED) is 0.800. The van der Waals surface area contributed by atoms with Crippen LogP contribution >= 0.6 is 0 Å². The van der Waals surface area contributed by atoms with Crippen LogP contribution in [0.1, 0.15) is 5.56 Å². The van der Waals surface area contributed by atoms with Crippen molar-refractivity contribution in [1.29, 1.82) is 0 Å². The molecular weight excluding hydrogens is 364 g/mol. The molecule has 2 heterocycles. The number of carbonyl (C=O) groups excluding carboxylic acids is 1. The number of anilines is 1. The molecule has 2 aromatic carbocycles. The largest absolute Gasteiger partial charge is 0.497 e. The van der Waals surface area contributed by atoms with Gasteiger partial charge < -0.3 is 9.64 Å². The number of methoxy groups -OCH3 is 1. The highest BCUT2D eigenvalue weighted by molar-refractivity contribution is 7.91. The first-order valence-electron chi connectivity index (χ1n) is 8.91. The maximum atomic E-state index is 12.9. The fourth-order valence-electron chi connectivity index (χ4n) is 4.02. The van der Waals surface area contributed by atoms with Crippen LogP contribution in [0.25, 0.3) is 0 Å². The summed E-state index contributed by atoms with van der Waals surface area (Å²) in [5.41, 5.74) is 1.79. The molecule has 2 aliphatic heterocycles. The highest BCUT2D eigenvalue weighted by Crippen LogP contribution is 2.32. The van der Waals surface area contributed by atoms with Crippen LogP contribution in [0, 0.1) is 0 Å². The predicted octanol–water partition coefficient (Wildman–Crippen LogP) is 1.71. The fraction of sp³-hybridized carbons (Fsp3) is 0.350. The van der Waals surface area contributed by atoms with Gasteiger partial charge in [0.25, 0.3) is 0 Å². The monoisotopic (exact) mass is 386 g/mol. The normalized spacial score (nSPS) is 24.6. The number of hydrogen-bond acceptors (Lipinski definition) is 5. The maximum Gasteiger partial charge on any atom is 0.241 e. The number of benzene rings is 2. The minimum absolute atomic E-state index is 0.0113. The summed E-state index contributed by atoms with van der Waals surface area (Å²) in [5, 5.41) is 0. The number of para-hydroxylation sites is 1. The summed E-state index contributed by atoms with van der Waals surface area (Å²) >= 11 is 0. The SMILES string of the molecule is COc1ccc(CN2CC(=O)N(c3ccccc3)[C@@H]3CS(=O)(=O)C[C@H]32)cc1. The molecule has 2 atom stereocenters. The minimum Gasteiger partial charge on any atom is -0.497 e. The molecule has 2 fully saturated rings. The lowest BCUT2D eigenvalue weighted by Gasteiger charge is -2.43. The Morgan fingerprint density at radius 3 is 2.33 bits per heavy atom. The van der Waals surface area contributed by atoms with Crippen molar-refractivity contribution in [3.05, 3.63) is 60.2 Å². The molecular formula is C20H22N2O4S. The zero-order valence-electron chi connectivity index (χ0n) is 15.1. The van der Waals surface area contributed by atoms with Crippen LogP contribution in [-0.4, -0.2) is 56.5 Å². The molecule has 0 bridgehead atoms. The van der Waals surface area contributed by atoms with Gasteiger partial charge in [-0.25, -0.2) is 8.42 Å². The van der Waals surface area contributed by atoms with E-state index in [1.807, 2.05) is 59.5 Å². The number of fused-ring (bicyclic) bond motifs is 1. The number of rotatable bonds is 4. The summed E-state index contributed by atoms with van der Waals surface area (Å²) in [6.45, 7) is 0.743. The third-order valence-corrected chi connectivity index (χ3v) is 6.98. The number of carbonyl (C=O) groups is 1. The third kappa shape index (κ3) is 3.57. The van der Waals surface area contributed by atoms with Crippen molar-refractivity contribution in [1.82, 2.24) is 4.90 Å². The molecule has 0 N–H and O–H groups in total. The summed E-state index contributed by atoms with van der Waals surface area (Å²) in [7, 11) is -1.57. The molecule has 4 rings (SSSR count). The van der Waals surface area contributed by atoms with Crippen molar-refractivity contribution in [2.45, 2.75) is 18.6 Å². The number of hydrogen-bond donors (Lipinski definition) is 0. The molecule has 6 nitrogen and oxygen atoms in total. The van der Waals surface area contributed by atoms with Crippen LogP contribution in [0.4, 0.5) is 5.69 Å². The standard InChI is InChI=1S/C20H22N2O4S/c1-26-17-9-7-15(8-10-17)11-21-12-20(23)22(16-5-3-2-4-6-16)19-14-27(24,25)13-18(19)21/h2-10,18-19H,11-14H2,1H3/t18-,19-/m1/s1. The molecule has 0 spiro atoms. The lowest BCUT2D eigenvalue weighted by Crippen LogP contribution is -2.61. The number of amides is 1. The molecule has 0 unspecified atom stereocenters. The Morgan fingerprint density at radius 1 is 1.00 bits per heavy atom. The van der Waals surface area contributed by atoms with Crippen LogP contribution in [0.15, 0.2) is 54.6 Å². The number of sulfone groups is 1. The molecule has 0 aromatic heterocycles. The van der Waals surface area contributed by atoms with E-state index in [1.165, 1.54) is 0 Å². The summed E-state index contributed by atoms with van der Waals surface area (Å²) in [6.07, 6.45) is 0. The van der Waals surface area contributed by atoms with E-state index in [4.69, 9.17) is 4.74 Å². The van der Waals surface area contributed by atoms with Crippen LogP contribution in [0.3, 0.4) is 0 Å². The first-order valence-corrected chi connectivity index (χ1v) is 10.7. The molecule has 7 heteroatoms. The second kappa shape index (κ2) is 6.98. The van der Waals surface area contributed by atoms with E-state index < -0.39 is 9.84 Å². The van der Waals surface area contributed by atoms with Crippen molar-refractivity contribution >= 4 is 21.4 Å². The fourth-order valence-corrected chi connectivity index (χ4v) is 6.00. The van der Waals surface area contributed by atoms with Gasteiger partial charge in [-0.1, -0.05) is 30.3 Å². The average Bonchev–Trinajstić information content (AvgIpc) is 2.98. The number of ether oxygens (including phenoxy) is 1. The smallest absolute Gasteiger partial charge is 0.241 e. The van der Waals surface area contributed by atoms with Crippen molar-refractivity contribution < 1.29 is 17.9 Å². The zero-order chi connectivity index (χ0) is 19.0. The van der Waals surface area contributed by atoms with Crippen molar-refractivity contribution in [2.75, 3.05) is 30.1 Å². The van der Waals surface area contributed by atoms with Gasteiger partial charge in [0.2, 0.25) is 5.91 Å². The molecule has 2 aliphatic rings. The van der Waals surface area contributed by atoms with Crippen molar-refractivity contribution in [2.24, 2.45) is 0 Å². The molecule has 2 aromatic rings. The second-order valence-corrected chi connectivity index (χ2v) is 9.22. The molecule has 0 aliphatic carbocycles. The van der Waals surface area contributed by atoms with Gasteiger partial charge in [0.1, 0.15) is 5.75 Å². The van der Waals surface area contributed by atoms with E-state index in [9.17, 15) is 13.2 Å². The first-order chi connectivity index (χ1) is 13.0. The maximum absolute atomic E-state index is 12.9. The minimum atomic E-state index is -3.18.